The second kappa shape index (κ2) is 7.43. The highest BCUT2D eigenvalue weighted by Crippen LogP contribution is 2.17. The van der Waals surface area contributed by atoms with Crippen molar-refractivity contribution in [2.45, 2.75) is 20.4 Å². The Balaban J connectivity index is 1.97. The van der Waals surface area contributed by atoms with Gasteiger partial charge in [-0.2, -0.15) is 0 Å². The summed E-state index contributed by atoms with van der Waals surface area (Å²) in [6.07, 6.45) is 0. The molecule has 0 radical (unpaired) electrons. The first-order valence-corrected chi connectivity index (χ1v) is 7.75. The van der Waals surface area contributed by atoms with Crippen molar-refractivity contribution in [3.63, 3.8) is 0 Å². The molecule has 0 atom stereocenters. The zero-order valence-corrected chi connectivity index (χ0v) is 13.1. The third kappa shape index (κ3) is 4.19. The van der Waals surface area contributed by atoms with Crippen molar-refractivity contribution in [2.75, 3.05) is 45.0 Å². The van der Waals surface area contributed by atoms with Crippen LogP contribution in [0, 0.1) is 0 Å². The Morgan fingerprint density at radius 1 is 1.19 bits per heavy atom. The van der Waals surface area contributed by atoms with Crippen LogP contribution in [0.5, 0.6) is 0 Å². The molecule has 1 aliphatic heterocycles. The van der Waals surface area contributed by atoms with Crippen molar-refractivity contribution in [2.24, 2.45) is 0 Å². The monoisotopic (exact) mass is 290 g/mol. The van der Waals surface area contributed by atoms with E-state index in [-0.39, 0.29) is 5.91 Å². The molecule has 1 fully saturated rings. The number of carbonyl (C=O) groups excluding carboxylic acids is 1. The van der Waals surface area contributed by atoms with E-state index in [1.807, 2.05) is 19.1 Å². The van der Waals surface area contributed by atoms with E-state index < -0.39 is 0 Å². The number of nitrogens with one attached hydrogen (secondary N) is 1. The summed E-state index contributed by atoms with van der Waals surface area (Å²) >= 11 is 0. The smallest absolute Gasteiger partial charge is 0.251 e. The molecule has 1 heterocycles. The number of carbonyl (C=O) groups is 1. The van der Waals surface area contributed by atoms with Crippen molar-refractivity contribution in [3.8, 4) is 0 Å². The number of piperazine rings is 1. The van der Waals surface area contributed by atoms with Gasteiger partial charge in [0.2, 0.25) is 0 Å². The minimum atomic E-state index is -0.0627. The molecule has 5 heteroatoms. The molecule has 0 bridgehead atoms. The number of hydrogen-bond acceptors (Lipinski definition) is 4. The molecule has 1 aliphatic rings. The summed E-state index contributed by atoms with van der Waals surface area (Å²) in [4.78, 5) is 16.7. The van der Waals surface area contributed by atoms with Gasteiger partial charge in [0.05, 0.1) is 0 Å². The predicted molar refractivity (Wildman–Crippen MR) is 86.3 cm³/mol. The highest BCUT2D eigenvalue weighted by atomic mass is 16.1. The third-order valence-corrected chi connectivity index (χ3v) is 4.05. The van der Waals surface area contributed by atoms with Crippen LogP contribution in [0.3, 0.4) is 0 Å². The van der Waals surface area contributed by atoms with Crippen LogP contribution in [0.15, 0.2) is 18.2 Å². The maximum atomic E-state index is 11.8. The molecule has 0 spiro atoms. The molecule has 0 aliphatic carbocycles. The Bertz CT molecular complexity index is 481. The Morgan fingerprint density at radius 3 is 2.43 bits per heavy atom. The average Bonchev–Trinajstić information content (AvgIpc) is 2.50. The molecular weight excluding hydrogens is 264 g/mol. The maximum absolute atomic E-state index is 11.8. The van der Waals surface area contributed by atoms with Gasteiger partial charge in [-0.1, -0.05) is 13.0 Å². The molecule has 3 N–H and O–H groups in total. The SMILES string of the molecule is CCNC(=O)c1ccc(CN2CCN(CC)CC2)c(N)c1. The molecule has 1 aromatic rings. The molecule has 2 rings (SSSR count). The van der Waals surface area contributed by atoms with Crippen molar-refractivity contribution in [1.29, 1.82) is 0 Å². The summed E-state index contributed by atoms with van der Waals surface area (Å²) in [5, 5.41) is 2.79. The van der Waals surface area contributed by atoms with E-state index in [0.29, 0.717) is 17.8 Å². The van der Waals surface area contributed by atoms with E-state index in [1.165, 1.54) is 0 Å². The quantitative estimate of drug-likeness (QED) is 0.799. The molecular formula is C16H26N4O. The van der Waals surface area contributed by atoms with E-state index in [0.717, 1.165) is 44.8 Å². The summed E-state index contributed by atoms with van der Waals surface area (Å²) in [6, 6.07) is 5.62. The Kier molecular flexibility index (Phi) is 5.59. The van der Waals surface area contributed by atoms with Crippen molar-refractivity contribution >= 4 is 11.6 Å². The Labute approximate surface area is 127 Å². The first-order chi connectivity index (χ1) is 10.1. The molecule has 0 unspecified atom stereocenters. The summed E-state index contributed by atoms with van der Waals surface area (Å²) in [5.41, 5.74) is 8.55. The lowest BCUT2D eigenvalue weighted by molar-refractivity contribution is 0.0956. The maximum Gasteiger partial charge on any atom is 0.251 e. The van der Waals surface area contributed by atoms with Gasteiger partial charge >= 0.3 is 0 Å². The lowest BCUT2D eigenvalue weighted by atomic mass is 10.1. The fourth-order valence-corrected chi connectivity index (χ4v) is 2.65. The third-order valence-electron chi connectivity index (χ3n) is 4.05. The molecule has 0 saturated carbocycles. The highest BCUT2D eigenvalue weighted by molar-refractivity contribution is 5.95. The average molecular weight is 290 g/mol. The van der Waals surface area contributed by atoms with Crippen molar-refractivity contribution in [3.05, 3.63) is 29.3 Å². The number of hydrogen-bond donors (Lipinski definition) is 2. The molecule has 1 saturated heterocycles. The number of nitrogen functional groups attached to an aromatic ring is 1. The standard InChI is InChI=1S/C16H26N4O/c1-3-18-16(21)13-5-6-14(15(17)11-13)12-20-9-7-19(4-2)8-10-20/h5-6,11H,3-4,7-10,12,17H2,1-2H3,(H,18,21). The van der Waals surface area contributed by atoms with Gasteiger partial charge in [-0.25, -0.2) is 0 Å². The van der Waals surface area contributed by atoms with Crippen LogP contribution in [0.2, 0.25) is 0 Å². The minimum Gasteiger partial charge on any atom is -0.398 e. The molecule has 21 heavy (non-hydrogen) atoms. The number of nitrogens with two attached hydrogens (primary N) is 1. The summed E-state index contributed by atoms with van der Waals surface area (Å²) < 4.78 is 0. The van der Waals surface area contributed by atoms with Gasteiger partial charge < -0.3 is 16.0 Å². The fourth-order valence-electron chi connectivity index (χ4n) is 2.65. The molecule has 1 amide bonds. The van der Waals surface area contributed by atoms with E-state index in [2.05, 4.69) is 22.0 Å². The largest absolute Gasteiger partial charge is 0.398 e. The van der Waals surface area contributed by atoms with E-state index >= 15 is 0 Å². The zero-order valence-electron chi connectivity index (χ0n) is 13.1. The highest BCUT2D eigenvalue weighted by Gasteiger charge is 2.16. The summed E-state index contributed by atoms with van der Waals surface area (Å²) in [5.74, 6) is -0.0627. The van der Waals surface area contributed by atoms with Crippen LogP contribution in [0.4, 0.5) is 5.69 Å². The molecule has 0 aromatic heterocycles. The fraction of sp³-hybridized carbons (Fsp3) is 0.562. The van der Waals surface area contributed by atoms with Gasteiger partial charge in [-0.15, -0.1) is 0 Å². The van der Waals surface area contributed by atoms with Gasteiger partial charge in [0, 0.05) is 50.5 Å². The van der Waals surface area contributed by atoms with Crippen LogP contribution >= 0.6 is 0 Å². The van der Waals surface area contributed by atoms with Crippen molar-refractivity contribution in [1.82, 2.24) is 15.1 Å². The molecule has 1 aromatic carbocycles. The summed E-state index contributed by atoms with van der Waals surface area (Å²) in [6.45, 7) is 11.1. The van der Waals surface area contributed by atoms with Gasteiger partial charge in [0.15, 0.2) is 0 Å². The summed E-state index contributed by atoms with van der Waals surface area (Å²) in [7, 11) is 0. The molecule has 5 nitrogen and oxygen atoms in total. The Hall–Kier alpha value is -1.59. The van der Waals surface area contributed by atoms with E-state index in [1.54, 1.807) is 6.07 Å². The zero-order chi connectivity index (χ0) is 15.2. The number of anilines is 1. The molecule has 116 valence electrons. The van der Waals surface area contributed by atoms with Crippen LogP contribution in [-0.4, -0.2) is 55.0 Å². The first kappa shape index (κ1) is 15.8. The number of rotatable bonds is 5. The second-order valence-electron chi connectivity index (χ2n) is 5.48. The first-order valence-electron chi connectivity index (χ1n) is 7.75. The number of benzene rings is 1. The Morgan fingerprint density at radius 2 is 1.86 bits per heavy atom. The van der Waals surface area contributed by atoms with Crippen LogP contribution in [-0.2, 0) is 6.54 Å². The van der Waals surface area contributed by atoms with Crippen LogP contribution in [0.1, 0.15) is 29.8 Å². The number of nitrogens with zero attached hydrogens (tertiary/aromatic N) is 2. The van der Waals surface area contributed by atoms with Crippen molar-refractivity contribution < 1.29 is 4.79 Å². The van der Waals surface area contributed by atoms with E-state index in [4.69, 9.17) is 5.73 Å². The van der Waals surface area contributed by atoms with Gasteiger partial charge in [-0.3, -0.25) is 9.69 Å². The minimum absolute atomic E-state index is 0.0627. The normalized spacial score (nSPS) is 16.9. The van der Waals surface area contributed by atoms with Crippen LogP contribution in [0.25, 0.3) is 0 Å². The van der Waals surface area contributed by atoms with E-state index in [9.17, 15) is 4.79 Å². The topological polar surface area (TPSA) is 61.6 Å². The lowest BCUT2D eigenvalue weighted by Gasteiger charge is -2.34. The number of likely N-dealkylation sites (N-methyl/N-ethyl adjacent to an activating group) is 1. The van der Waals surface area contributed by atoms with Gasteiger partial charge in [0.25, 0.3) is 5.91 Å². The van der Waals surface area contributed by atoms with Gasteiger partial charge in [0.1, 0.15) is 0 Å². The number of amides is 1. The predicted octanol–water partition coefficient (Wildman–Crippen LogP) is 1.16. The lowest BCUT2D eigenvalue weighted by Crippen LogP contribution is -2.45. The second-order valence-corrected chi connectivity index (χ2v) is 5.48. The van der Waals surface area contributed by atoms with Gasteiger partial charge in [-0.05, 0) is 31.2 Å². The van der Waals surface area contributed by atoms with Crippen LogP contribution < -0.4 is 11.1 Å².